The second-order valence-electron chi connectivity index (χ2n) is 16.2. The van der Waals surface area contributed by atoms with Crippen LogP contribution >= 0.6 is 19.4 Å². The van der Waals surface area contributed by atoms with Crippen LogP contribution in [0.4, 0.5) is 15.5 Å². The van der Waals surface area contributed by atoms with Gasteiger partial charge in [0.2, 0.25) is 17.5 Å². The van der Waals surface area contributed by atoms with Gasteiger partial charge in [-0.15, -0.1) is 16.7 Å². The van der Waals surface area contributed by atoms with Crippen LogP contribution in [0.15, 0.2) is 67.0 Å². The molecule has 0 saturated carbocycles. The summed E-state index contributed by atoms with van der Waals surface area (Å²) in [5, 5.41) is 1.46. The Labute approximate surface area is 347 Å². The molecule has 0 N–H and O–H groups in total. The van der Waals surface area contributed by atoms with Crippen LogP contribution in [0.1, 0.15) is 76.2 Å². The van der Waals surface area contributed by atoms with E-state index >= 15 is 0 Å². The lowest BCUT2D eigenvalue weighted by Gasteiger charge is -2.43. The summed E-state index contributed by atoms with van der Waals surface area (Å²) in [6, 6.07) is 20.5. The number of hydrogen-bond acceptors (Lipinski definition) is 14. The molecule has 0 radical (unpaired) electrons. The molecule has 58 heavy (non-hydrogen) atoms. The fourth-order valence-corrected chi connectivity index (χ4v) is 14.1. The normalized spacial score (nSPS) is 13.2. The molecule has 0 fully saturated rings. The first-order chi connectivity index (χ1) is 27.2. The topological polar surface area (TPSA) is 163 Å². The van der Waals surface area contributed by atoms with Crippen molar-refractivity contribution < 1.29 is 46.7 Å². The monoisotopic (exact) mass is 859 g/mol. The van der Waals surface area contributed by atoms with Crippen molar-refractivity contribution in [3.8, 4) is 5.88 Å². The molecule has 318 valence electrons. The van der Waals surface area contributed by atoms with Crippen molar-refractivity contribution in [2.75, 3.05) is 43.9 Å². The number of imide groups is 1. The number of fused-ring (bicyclic) bond motifs is 1. The molecule has 4 aromatic rings. The summed E-state index contributed by atoms with van der Waals surface area (Å²) in [5.41, 5.74) is -1.60. The maximum atomic E-state index is 13.7. The largest absolute Gasteiger partial charge is 0.479 e. The first-order valence-corrected chi connectivity index (χ1v) is 23.8. The van der Waals surface area contributed by atoms with E-state index in [0.29, 0.717) is 4.90 Å². The van der Waals surface area contributed by atoms with Gasteiger partial charge < -0.3 is 32.5 Å². The lowest BCUT2D eigenvalue weighted by Crippen LogP contribution is -2.67. The van der Waals surface area contributed by atoms with E-state index in [1.807, 2.05) is 36.4 Å². The number of imidazole rings is 1. The molecular weight excluding hydrogens is 802 g/mol. The van der Waals surface area contributed by atoms with Crippen LogP contribution in [0.25, 0.3) is 11.2 Å². The molecule has 0 aliphatic rings. The van der Waals surface area contributed by atoms with Crippen molar-refractivity contribution in [1.82, 2.24) is 19.7 Å². The number of thioether (sulfide) groups is 1. The number of anilines is 1. The van der Waals surface area contributed by atoms with Crippen LogP contribution in [0.3, 0.4) is 0 Å². The van der Waals surface area contributed by atoms with Crippen molar-refractivity contribution in [2.45, 2.75) is 97.7 Å². The predicted octanol–water partition coefficient (Wildman–Crippen LogP) is 7.84. The molecule has 0 aliphatic carbocycles. The number of methoxy groups -OCH3 is 1. The van der Waals surface area contributed by atoms with E-state index < -0.39 is 44.6 Å². The van der Waals surface area contributed by atoms with Gasteiger partial charge >= 0.3 is 19.8 Å². The van der Waals surface area contributed by atoms with Crippen LogP contribution in [0, 0.1) is 0 Å². The molecule has 0 spiro atoms. The molecule has 0 aliphatic heterocycles. The maximum absolute atomic E-state index is 13.7. The predicted molar refractivity (Wildman–Crippen MR) is 229 cm³/mol. The average molecular weight is 860 g/mol. The Bertz CT molecular complexity index is 1940. The molecule has 1 atom stereocenters. The molecule has 15 nitrogen and oxygen atoms in total. The fraction of sp³-hybridized carbons (Fsp3) is 0.525. The number of hydrogen-bond donors (Lipinski definition) is 0. The molecule has 2 amide bonds. The molecule has 0 saturated heterocycles. The summed E-state index contributed by atoms with van der Waals surface area (Å²) in [6.45, 7) is 20.7. The van der Waals surface area contributed by atoms with Gasteiger partial charge in [-0.1, -0.05) is 81.4 Å². The summed E-state index contributed by atoms with van der Waals surface area (Å²) in [5.74, 6) is -0.414. The molecule has 2 aromatic carbocycles. The van der Waals surface area contributed by atoms with Crippen LogP contribution in [0.2, 0.25) is 5.04 Å². The Morgan fingerprint density at radius 2 is 1.33 bits per heavy atom. The Morgan fingerprint density at radius 3 is 1.78 bits per heavy atom. The van der Waals surface area contributed by atoms with Gasteiger partial charge in [-0.05, 0) is 70.8 Å². The molecule has 18 heteroatoms. The molecule has 0 unspecified atom stereocenters. The Kier molecular flexibility index (Phi) is 15.6. The SMILES string of the molecule is CCOP(=O)(CS[C@@H](COn1cnc2c(OC)nc(N(C(=O)OC(C)(C)C)C(=O)OC(C)(C)C)nc21)CO[Si](c1ccccc1)(c1ccccc1)C(C)(C)C)OCC. The van der Waals surface area contributed by atoms with Crippen LogP contribution < -0.4 is 24.8 Å². The lowest BCUT2D eigenvalue weighted by molar-refractivity contribution is 0.0426. The van der Waals surface area contributed by atoms with E-state index in [1.54, 1.807) is 55.4 Å². The van der Waals surface area contributed by atoms with Gasteiger partial charge in [0.15, 0.2) is 5.52 Å². The number of rotatable bonds is 17. The standard InChI is InChI=1S/C40H58N5O10PSSi/c1-13-51-56(48,52-14-2)28-57-29(26-53-58(40(9,10)11,30-21-17-15-18-22-30)31-23-19-16-20-24-31)25-50-44-27-41-32-33(44)42-35(43-34(32)49-12)45(36(46)54-38(3,4)5)37(47)55-39(6,7)8/h15-24,27,29H,13-14,25-26,28H2,1-12H3/t29-/m0/s1. The van der Waals surface area contributed by atoms with E-state index in [2.05, 4.69) is 60.0 Å². The highest BCUT2D eigenvalue weighted by Gasteiger charge is 2.50. The average Bonchev–Trinajstić information content (AvgIpc) is 3.54. The summed E-state index contributed by atoms with van der Waals surface area (Å²) >= 11 is 1.35. The number of aromatic nitrogens is 4. The summed E-state index contributed by atoms with van der Waals surface area (Å²) in [6.07, 6.45) is -0.729. The molecule has 2 heterocycles. The third-order valence-corrected chi connectivity index (χ3v) is 17.2. The number of carbonyl (C=O) groups excluding carboxylic acids is 2. The minimum absolute atomic E-state index is 0.01000. The van der Waals surface area contributed by atoms with E-state index in [1.165, 1.54) is 29.9 Å². The van der Waals surface area contributed by atoms with Gasteiger partial charge in [0.05, 0.1) is 31.1 Å². The summed E-state index contributed by atoms with van der Waals surface area (Å²) in [7, 11) is -5.09. The number of carbonyl (C=O) groups is 2. The quantitative estimate of drug-likeness (QED) is 0.0745. The zero-order valence-corrected chi connectivity index (χ0v) is 38.3. The van der Waals surface area contributed by atoms with Gasteiger partial charge in [0.25, 0.3) is 8.32 Å². The highest BCUT2D eigenvalue weighted by molar-refractivity contribution is 8.05. The van der Waals surface area contributed by atoms with Crippen molar-refractivity contribution >= 4 is 67.3 Å². The number of amides is 2. The van der Waals surface area contributed by atoms with E-state index in [9.17, 15) is 14.2 Å². The van der Waals surface area contributed by atoms with Gasteiger partial charge in [-0.2, -0.15) is 14.7 Å². The highest BCUT2D eigenvalue weighted by Crippen LogP contribution is 2.51. The highest BCUT2D eigenvalue weighted by atomic mass is 32.2. The molecule has 2 aromatic heterocycles. The number of ether oxygens (including phenoxy) is 3. The number of nitrogens with zero attached hydrogens (tertiary/aromatic N) is 5. The van der Waals surface area contributed by atoms with Crippen molar-refractivity contribution in [2.24, 2.45) is 0 Å². The minimum Gasteiger partial charge on any atom is -0.479 e. The molecular formula is C40H58N5O10PSSi. The second-order valence-corrected chi connectivity index (χ2v) is 24.3. The van der Waals surface area contributed by atoms with E-state index in [0.717, 1.165) is 10.4 Å². The Balaban J connectivity index is 1.77. The summed E-state index contributed by atoms with van der Waals surface area (Å²) < 4.78 is 50.2. The zero-order valence-electron chi connectivity index (χ0n) is 35.6. The lowest BCUT2D eigenvalue weighted by atomic mass is 10.2. The summed E-state index contributed by atoms with van der Waals surface area (Å²) in [4.78, 5) is 47.3. The van der Waals surface area contributed by atoms with Crippen LogP contribution in [-0.2, 0) is 27.5 Å². The van der Waals surface area contributed by atoms with E-state index in [-0.39, 0.29) is 60.0 Å². The zero-order chi connectivity index (χ0) is 42.9. The smallest absolute Gasteiger partial charge is 0.427 e. The first-order valence-electron chi connectivity index (χ1n) is 19.1. The van der Waals surface area contributed by atoms with Crippen LogP contribution in [-0.4, -0.2) is 95.7 Å². The van der Waals surface area contributed by atoms with Gasteiger partial charge in [0, 0.05) is 6.61 Å². The molecule has 0 bridgehead atoms. The van der Waals surface area contributed by atoms with Gasteiger partial charge in [0.1, 0.15) is 24.1 Å². The van der Waals surface area contributed by atoms with Crippen LogP contribution in [0.5, 0.6) is 5.88 Å². The minimum atomic E-state index is -3.47. The number of benzene rings is 2. The van der Waals surface area contributed by atoms with Crippen molar-refractivity contribution in [3.05, 3.63) is 67.0 Å². The maximum Gasteiger partial charge on any atom is 0.427 e. The Morgan fingerprint density at radius 1 is 0.810 bits per heavy atom. The van der Waals surface area contributed by atoms with Crippen molar-refractivity contribution in [3.63, 3.8) is 0 Å². The molecule has 4 rings (SSSR count). The second kappa shape index (κ2) is 19.4. The van der Waals surface area contributed by atoms with E-state index in [4.69, 9.17) is 32.5 Å². The first kappa shape index (κ1) is 46.7. The fourth-order valence-electron chi connectivity index (χ4n) is 6.02. The Hall–Kier alpha value is -3.99. The van der Waals surface area contributed by atoms with Crippen molar-refractivity contribution in [1.29, 1.82) is 0 Å². The third-order valence-electron chi connectivity index (χ3n) is 8.29. The third kappa shape index (κ3) is 11.8. The van der Waals surface area contributed by atoms with Gasteiger partial charge in [-0.25, -0.2) is 14.6 Å². The van der Waals surface area contributed by atoms with Gasteiger partial charge in [-0.3, -0.25) is 4.57 Å².